The van der Waals surface area contributed by atoms with Crippen LogP contribution in [0.3, 0.4) is 0 Å². The van der Waals surface area contributed by atoms with Crippen molar-refractivity contribution in [1.82, 2.24) is 10.2 Å². The zero-order chi connectivity index (χ0) is 26.5. The van der Waals surface area contributed by atoms with E-state index in [-0.39, 0.29) is 11.7 Å². The van der Waals surface area contributed by atoms with Crippen molar-refractivity contribution in [3.8, 4) is 16.9 Å². The third kappa shape index (κ3) is 5.58. The average molecular weight is 512 g/mol. The lowest BCUT2D eigenvalue weighted by Gasteiger charge is -2.36. The summed E-state index contributed by atoms with van der Waals surface area (Å²) < 4.78 is 10.8. The molecule has 0 radical (unpaired) electrons. The van der Waals surface area contributed by atoms with E-state index in [4.69, 9.17) is 9.15 Å². The van der Waals surface area contributed by atoms with Gasteiger partial charge in [0.2, 0.25) is 5.76 Å². The fourth-order valence-electron chi connectivity index (χ4n) is 4.97. The molecule has 1 saturated heterocycles. The van der Waals surface area contributed by atoms with Gasteiger partial charge in [-0.05, 0) is 55.8 Å². The number of hydrogen-bond donors (Lipinski definition) is 1. The maximum Gasteiger partial charge on any atom is 0.344 e. The van der Waals surface area contributed by atoms with Gasteiger partial charge in [-0.25, -0.2) is 4.79 Å². The smallest absolute Gasteiger partial charge is 0.344 e. The number of rotatable bonds is 8. The molecule has 2 heterocycles. The maximum atomic E-state index is 13.2. The number of hydrogen-bond acceptors (Lipinski definition) is 6. The van der Waals surface area contributed by atoms with E-state index >= 15 is 0 Å². The van der Waals surface area contributed by atoms with Gasteiger partial charge in [0.15, 0.2) is 0 Å². The monoisotopic (exact) mass is 511 g/mol. The standard InChI is InChI=1S/C31H33N3O4/c1-22-8-10-23(11-9-22)28-26-6-3-4-7-27(26)31(36)38-29(28)30(35)32-16-5-17-33-18-20-34(21-19-33)24-12-14-25(37-2)15-13-24/h3-4,6-15H,5,16-21H2,1-2H3,(H,32,35). The van der Waals surface area contributed by atoms with Gasteiger partial charge in [-0.1, -0.05) is 48.0 Å². The van der Waals surface area contributed by atoms with Gasteiger partial charge in [-0.2, -0.15) is 0 Å². The van der Waals surface area contributed by atoms with Crippen LogP contribution in [0.2, 0.25) is 0 Å². The van der Waals surface area contributed by atoms with E-state index in [1.54, 1.807) is 19.2 Å². The highest BCUT2D eigenvalue weighted by molar-refractivity contribution is 6.07. The Hall–Kier alpha value is -4.10. The Morgan fingerprint density at radius 3 is 2.29 bits per heavy atom. The first kappa shape index (κ1) is 25.5. The van der Waals surface area contributed by atoms with Crippen LogP contribution in [-0.2, 0) is 0 Å². The molecule has 1 fully saturated rings. The molecule has 7 heteroatoms. The minimum Gasteiger partial charge on any atom is -0.497 e. The highest BCUT2D eigenvalue weighted by atomic mass is 16.5. The molecule has 7 nitrogen and oxygen atoms in total. The molecule has 0 spiro atoms. The van der Waals surface area contributed by atoms with E-state index in [1.807, 2.05) is 55.5 Å². The van der Waals surface area contributed by atoms with E-state index < -0.39 is 5.63 Å². The van der Waals surface area contributed by atoms with Gasteiger partial charge in [0.05, 0.1) is 12.5 Å². The molecule has 5 rings (SSSR count). The lowest BCUT2D eigenvalue weighted by Crippen LogP contribution is -2.47. The minimum absolute atomic E-state index is 0.0608. The molecule has 1 N–H and O–H groups in total. The van der Waals surface area contributed by atoms with E-state index in [9.17, 15) is 9.59 Å². The fraction of sp³-hybridized carbons (Fsp3) is 0.290. The number of piperazine rings is 1. The summed E-state index contributed by atoms with van der Waals surface area (Å²) in [7, 11) is 1.68. The van der Waals surface area contributed by atoms with Crippen LogP contribution in [0.1, 0.15) is 22.5 Å². The van der Waals surface area contributed by atoms with Gasteiger partial charge < -0.3 is 19.4 Å². The number of nitrogens with zero attached hydrogens (tertiary/aromatic N) is 2. The molecule has 0 atom stereocenters. The van der Waals surface area contributed by atoms with Crippen molar-refractivity contribution in [2.75, 3.05) is 51.3 Å². The summed E-state index contributed by atoms with van der Waals surface area (Å²) in [5, 5.41) is 4.16. The first-order valence-corrected chi connectivity index (χ1v) is 13.1. The van der Waals surface area contributed by atoms with E-state index in [0.717, 1.165) is 56.0 Å². The second-order valence-corrected chi connectivity index (χ2v) is 9.64. The summed E-state index contributed by atoms with van der Waals surface area (Å²) in [6, 6.07) is 23.3. The highest BCUT2D eigenvalue weighted by Crippen LogP contribution is 2.31. The number of methoxy groups -OCH3 is 1. The second-order valence-electron chi connectivity index (χ2n) is 9.64. The van der Waals surface area contributed by atoms with E-state index in [0.29, 0.717) is 22.9 Å². The summed E-state index contributed by atoms with van der Waals surface area (Å²) in [4.78, 5) is 30.7. The topological polar surface area (TPSA) is 75.0 Å². The first-order chi connectivity index (χ1) is 18.5. The third-order valence-electron chi connectivity index (χ3n) is 7.13. The predicted octanol–water partition coefficient (Wildman–Crippen LogP) is 4.72. The minimum atomic E-state index is -0.503. The molecular formula is C31H33N3O4. The van der Waals surface area contributed by atoms with Crippen molar-refractivity contribution >= 4 is 22.4 Å². The summed E-state index contributed by atoms with van der Waals surface area (Å²) in [5.41, 5.74) is 3.31. The van der Waals surface area contributed by atoms with E-state index in [1.165, 1.54) is 5.69 Å². The molecule has 196 valence electrons. The van der Waals surface area contributed by atoms with Crippen molar-refractivity contribution in [3.05, 3.63) is 94.5 Å². The summed E-state index contributed by atoms with van der Waals surface area (Å²) in [5.74, 6) is 0.557. The van der Waals surface area contributed by atoms with Crippen molar-refractivity contribution < 1.29 is 13.9 Å². The van der Waals surface area contributed by atoms with Crippen LogP contribution in [0.4, 0.5) is 5.69 Å². The van der Waals surface area contributed by atoms with Crippen molar-refractivity contribution in [3.63, 3.8) is 0 Å². The van der Waals surface area contributed by atoms with Crippen LogP contribution < -0.4 is 20.6 Å². The lowest BCUT2D eigenvalue weighted by atomic mass is 9.97. The van der Waals surface area contributed by atoms with Crippen LogP contribution in [-0.4, -0.2) is 57.2 Å². The van der Waals surface area contributed by atoms with Crippen LogP contribution >= 0.6 is 0 Å². The molecule has 38 heavy (non-hydrogen) atoms. The number of carbonyl (C=O) groups is 1. The molecular weight excluding hydrogens is 478 g/mol. The second kappa shape index (κ2) is 11.5. The Labute approximate surface area is 222 Å². The SMILES string of the molecule is COc1ccc(N2CCN(CCCNC(=O)c3oc(=O)c4ccccc4c3-c3ccc(C)cc3)CC2)cc1. The van der Waals surface area contributed by atoms with Gasteiger partial charge in [0.1, 0.15) is 5.75 Å². The number of aryl methyl sites for hydroxylation is 1. The summed E-state index contributed by atoms with van der Waals surface area (Å²) >= 11 is 0. The first-order valence-electron chi connectivity index (χ1n) is 13.1. The Morgan fingerprint density at radius 2 is 1.61 bits per heavy atom. The molecule has 1 aliphatic heterocycles. The summed E-state index contributed by atoms with van der Waals surface area (Å²) in [6.45, 7) is 7.26. The van der Waals surface area contributed by atoms with Crippen molar-refractivity contribution in [2.24, 2.45) is 0 Å². The average Bonchev–Trinajstić information content (AvgIpc) is 2.96. The zero-order valence-corrected chi connectivity index (χ0v) is 21.9. The zero-order valence-electron chi connectivity index (χ0n) is 21.9. The van der Waals surface area contributed by atoms with E-state index in [2.05, 4.69) is 27.2 Å². The molecule has 0 bridgehead atoms. The van der Waals surface area contributed by atoms with Crippen molar-refractivity contribution in [1.29, 1.82) is 0 Å². The largest absolute Gasteiger partial charge is 0.497 e. The molecule has 0 aliphatic carbocycles. The Kier molecular flexibility index (Phi) is 7.75. The highest BCUT2D eigenvalue weighted by Gasteiger charge is 2.22. The number of carbonyl (C=O) groups excluding carboxylic acids is 1. The Morgan fingerprint density at radius 1 is 0.921 bits per heavy atom. The van der Waals surface area contributed by atoms with Crippen molar-refractivity contribution in [2.45, 2.75) is 13.3 Å². The quantitative estimate of drug-likeness (QED) is 0.345. The third-order valence-corrected chi connectivity index (χ3v) is 7.13. The summed E-state index contributed by atoms with van der Waals surface area (Å²) in [6.07, 6.45) is 0.811. The van der Waals surface area contributed by atoms with Gasteiger partial charge in [0, 0.05) is 49.4 Å². The maximum absolute atomic E-state index is 13.2. The van der Waals surface area contributed by atoms with Gasteiger partial charge in [-0.15, -0.1) is 0 Å². The molecule has 1 aliphatic rings. The van der Waals surface area contributed by atoms with Gasteiger partial charge in [0.25, 0.3) is 5.91 Å². The number of fused-ring (bicyclic) bond motifs is 1. The van der Waals surface area contributed by atoms with Crippen LogP contribution in [0.15, 0.2) is 82.0 Å². The molecule has 1 aromatic heterocycles. The van der Waals surface area contributed by atoms with Gasteiger partial charge >= 0.3 is 5.63 Å². The lowest BCUT2D eigenvalue weighted by molar-refractivity contribution is 0.0921. The Balaban J connectivity index is 1.20. The molecule has 0 saturated carbocycles. The Bertz CT molecular complexity index is 1450. The predicted molar refractivity (Wildman–Crippen MR) is 151 cm³/mol. The normalized spacial score (nSPS) is 14.0. The molecule has 3 aromatic carbocycles. The number of amides is 1. The van der Waals surface area contributed by atoms with Crippen LogP contribution in [0.5, 0.6) is 5.75 Å². The fourth-order valence-corrected chi connectivity index (χ4v) is 4.97. The number of benzene rings is 3. The van der Waals surface area contributed by atoms with Crippen LogP contribution in [0.25, 0.3) is 21.9 Å². The number of ether oxygens (including phenoxy) is 1. The van der Waals surface area contributed by atoms with Gasteiger partial charge in [-0.3, -0.25) is 9.69 Å². The number of anilines is 1. The number of nitrogens with one attached hydrogen (secondary N) is 1. The van der Waals surface area contributed by atoms with Crippen LogP contribution in [0, 0.1) is 6.92 Å². The molecule has 1 amide bonds. The molecule has 0 unspecified atom stereocenters. The molecule has 4 aromatic rings.